The number of hydrogen-bond acceptors (Lipinski definition) is 4. The minimum absolute atomic E-state index is 0.700. The molecule has 0 aliphatic rings. The summed E-state index contributed by atoms with van der Waals surface area (Å²) < 4.78 is 7.11. The molecule has 1 aromatic heterocycles. The van der Waals surface area contributed by atoms with Crippen molar-refractivity contribution < 1.29 is 4.74 Å². The molecule has 0 fully saturated rings. The predicted molar refractivity (Wildman–Crippen MR) is 93.8 cm³/mol. The number of methoxy groups -OCH3 is 1. The molecule has 5 nitrogen and oxygen atoms in total. The van der Waals surface area contributed by atoms with Crippen molar-refractivity contribution in [2.24, 2.45) is 0 Å². The summed E-state index contributed by atoms with van der Waals surface area (Å²) in [5.41, 5.74) is 4.79. The maximum atomic E-state index is 5.19. The van der Waals surface area contributed by atoms with Crippen LogP contribution in [0.2, 0.25) is 0 Å². The number of nitrogens with one attached hydrogen (secondary N) is 1. The lowest BCUT2D eigenvalue weighted by Gasteiger charge is -2.09. The van der Waals surface area contributed by atoms with Crippen LogP contribution in [0.4, 0.5) is 0 Å². The van der Waals surface area contributed by atoms with Crippen LogP contribution < -0.4 is 10.1 Å². The summed E-state index contributed by atoms with van der Waals surface area (Å²) in [6, 6.07) is 16.6. The molecule has 0 aliphatic carbocycles. The number of nitrogens with zero attached hydrogens (tertiary/aromatic N) is 3. The monoisotopic (exact) mass is 322 g/mol. The Morgan fingerprint density at radius 1 is 0.958 bits per heavy atom. The van der Waals surface area contributed by atoms with Crippen LogP contribution in [0.15, 0.2) is 54.7 Å². The van der Waals surface area contributed by atoms with Crippen molar-refractivity contribution in [1.82, 2.24) is 20.3 Å². The van der Waals surface area contributed by atoms with Crippen LogP contribution in [0, 0.1) is 6.92 Å². The summed E-state index contributed by atoms with van der Waals surface area (Å²) in [4.78, 5) is 0. The zero-order valence-corrected chi connectivity index (χ0v) is 14.1. The van der Waals surface area contributed by atoms with Crippen molar-refractivity contribution in [2.75, 3.05) is 7.11 Å². The topological polar surface area (TPSA) is 52.0 Å². The molecule has 2 aromatic carbocycles. The highest BCUT2D eigenvalue weighted by Gasteiger charge is 2.05. The summed E-state index contributed by atoms with van der Waals surface area (Å²) >= 11 is 0. The minimum atomic E-state index is 0.700. The van der Waals surface area contributed by atoms with E-state index in [0.717, 1.165) is 24.5 Å². The molecule has 0 amide bonds. The first-order chi connectivity index (χ1) is 11.7. The van der Waals surface area contributed by atoms with E-state index in [1.165, 1.54) is 16.7 Å². The number of rotatable bonds is 7. The molecule has 0 aliphatic heterocycles. The van der Waals surface area contributed by atoms with Gasteiger partial charge in [0.25, 0.3) is 0 Å². The molecule has 0 spiro atoms. The van der Waals surface area contributed by atoms with Crippen molar-refractivity contribution in [2.45, 2.75) is 26.6 Å². The van der Waals surface area contributed by atoms with Gasteiger partial charge in [-0.15, -0.1) is 5.10 Å². The van der Waals surface area contributed by atoms with Crippen LogP contribution in [0.5, 0.6) is 5.75 Å². The first-order valence-corrected chi connectivity index (χ1v) is 8.01. The van der Waals surface area contributed by atoms with Gasteiger partial charge in [-0.05, 0) is 30.2 Å². The lowest BCUT2D eigenvalue weighted by molar-refractivity contribution is 0.414. The molecular formula is C19H22N4O. The van der Waals surface area contributed by atoms with Gasteiger partial charge in [0.05, 0.1) is 25.5 Å². The van der Waals surface area contributed by atoms with E-state index < -0.39 is 0 Å². The molecule has 3 aromatic rings. The molecule has 0 bridgehead atoms. The van der Waals surface area contributed by atoms with Crippen molar-refractivity contribution in [1.29, 1.82) is 0 Å². The average Bonchev–Trinajstić information content (AvgIpc) is 3.04. The Labute approximate surface area is 142 Å². The molecule has 1 N–H and O–H groups in total. The quantitative estimate of drug-likeness (QED) is 0.727. The van der Waals surface area contributed by atoms with E-state index >= 15 is 0 Å². The summed E-state index contributed by atoms with van der Waals surface area (Å²) in [7, 11) is 1.67. The van der Waals surface area contributed by atoms with E-state index in [0.29, 0.717) is 6.54 Å². The molecular weight excluding hydrogens is 300 g/mol. The van der Waals surface area contributed by atoms with Gasteiger partial charge in [0, 0.05) is 13.1 Å². The molecule has 5 heteroatoms. The molecule has 0 radical (unpaired) electrons. The second-order valence-corrected chi connectivity index (χ2v) is 5.82. The Kier molecular flexibility index (Phi) is 5.23. The highest BCUT2D eigenvalue weighted by atomic mass is 16.5. The Hall–Kier alpha value is -2.66. The van der Waals surface area contributed by atoms with Gasteiger partial charge in [-0.25, -0.2) is 4.68 Å². The zero-order chi connectivity index (χ0) is 16.8. The van der Waals surface area contributed by atoms with Gasteiger partial charge in [0.15, 0.2) is 0 Å². The largest absolute Gasteiger partial charge is 0.497 e. The molecule has 0 saturated heterocycles. The van der Waals surface area contributed by atoms with Gasteiger partial charge in [0.2, 0.25) is 0 Å². The zero-order valence-electron chi connectivity index (χ0n) is 14.1. The maximum Gasteiger partial charge on any atom is 0.118 e. The summed E-state index contributed by atoms with van der Waals surface area (Å²) in [6.07, 6.45) is 1.81. The molecule has 0 saturated carbocycles. The standard InChI is InChI=1S/C19H22N4O/c1-15-3-5-16(6-4-15)11-20-12-18-13-21-22-23(18)14-17-7-9-19(24-2)10-8-17/h3-10,13,20H,11-12,14H2,1-2H3. The van der Waals surface area contributed by atoms with E-state index in [-0.39, 0.29) is 0 Å². The molecule has 0 unspecified atom stereocenters. The fraction of sp³-hybridized carbons (Fsp3) is 0.263. The predicted octanol–water partition coefficient (Wildman–Crippen LogP) is 2.93. The van der Waals surface area contributed by atoms with Crippen LogP contribution in [-0.2, 0) is 19.6 Å². The maximum absolute atomic E-state index is 5.19. The normalized spacial score (nSPS) is 10.8. The Morgan fingerprint density at radius 2 is 1.67 bits per heavy atom. The van der Waals surface area contributed by atoms with Crippen LogP contribution in [0.25, 0.3) is 0 Å². The minimum Gasteiger partial charge on any atom is -0.497 e. The van der Waals surface area contributed by atoms with Crippen LogP contribution in [-0.4, -0.2) is 22.1 Å². The summed E-state index contributed by atoms with van der Waals surface area (Å²) in [5, 5.41) is 11.7. The SMILES string of the molecule is COc1ccc(Cn2nncc2CNCc2ccc(C)cc2)cc1. The Balaban J connectivity index is 1.57. The molecule has 124 valence electrons. The van der Waals surface area contributed by atoms with Crippen LogP contribution in [0.3, 0.4) is 0 Å². The first-order valence-electron chi connectivity index (χ1n) is 8.01. The van der Waals surface area contributed by atoms with Crippen LogP contribution in [0.1, 0.15) is 22.4 Å². The number of ether oxygens (including phenoxy) is 1. The Morgan fingerprint density at radius 3 is 2.38 bits per heavy atom. The van der Waals surface area contributed by atoms with Crippen molar-refractivity contribution in [3.8, 4) is 5.75 Å². The van der Waals surface area contributed by atoms with Crippen molar-refractivity contribution in [3.63, 3.8) is 0 Å². The van der Waals surface area contributed by atoms with Crippen LogP contribution >= 0.6 is 0 Å². The third-order valence-corrected chi connectivity index (χ3v) is 3.95. The highest BCUT2D eigenvalue weighted by Crippen LogP contribution is 2.12. The van der Waals surface area contributed by atoms with Crippen molar-refractivity contribution >= 4 is 0 Å². The number of hydrogen-bond donors (Lipinski definition) is 1. The summed E-state index contributed by atoms with van der Waals surface area (Å²) in [5.74, 6) is 0.859. The van der Waals surface area contributed by atoms with E-state index in [9.17, 15) is 0 Å². The van der Waals surface area contributed by atoms with Gasteiger partial charge in [-0.3, -0.25) is 0 Å². The first kappa shape index (κ1) is 16.2. The van der Waals surface area contributed by atoms with E-state index in [1.54, 1.807) is 7.11 Å². The average molecular weight is 322 g/mol. The second kappa shape index (κ2) is 7.75. The van der Waals surface area contributed by atoms with E-state index in [1.807, 2.05) is 35.1 Å². The van der Waals surface area contributed by atoms with Gasteiger partial charge in [-0.1, -0.05) is 47.2 Å². The molecule has 0 atom stereocenters. The number of aromatic nitrogens is 3. The highest BCUT2D eigenvalue weighted by molar-refractivity contribution is 5.27. The lowest BCUT2D eigenvalue weighted by atomic mass is 10.1. The smallest absolute Gasteiger partial charge is 0.118 e. The lowest BCUT2D eigenvalue weighted by Crippen LogP contribution is -2.17. The van der Waals surface area contributed by atoms with E-state index in [2.05, 4.69) is 46.8 Å². The van der Waals surface area contributed by atoms with Gasteiger partial charge >= 0.3 is 0 Å². The fourth-order valence-corrected chi connectivity index (χ4v) is 2.49. The third-order valence-electron chi connectivity index (χ3n) is 3.95. The van der Waals surface area contributed by atoms with Gasteiger partial charge < -0.3 is 10.1 Å². The molecule has 1 heterocycles. The third kappa shape index (κ3) is 4.20. The fourth-order valence-electron chi connectivity index (χ4n) is 2.49. The van der Waals surface area contributed by atoms with Crippen molar-refractivity contribution in [3.05, 3.63) is 77.1 Å². The van der Waals surface area contributed by atoms with Gasteiger partial charge in [-0.2, -0.15) is 0 Å². The van der Waals surface area contributed by atoms with E-state index in [4.69, 9.17) is 4.74 Å². The molecule has 24 heavy (non-hydrogen) atoms. The molecule has 3 rings (SSSR count). The number of aryl methyl sites for hydroxylation is 1. The number of benzene rings is 2. The van der Waals surface area contributed by atoms with Gasteiger partial charge in [0.1, 0.15) is 5.75 Å². The summed E-state index contributed by atoms with van der Waals surface area (Å²) in [6.45, 7) is 4.36. The Bertz CT molecular complexity index is 763. The second-order valence-electron chi connectivity index (χ2n) is 5.82.